The molecule has 0 aromatic carbocycles. The van der Waals surface area contributed by atoms with Gasteiger partial charge in [-0.05, 0) is 50.4 Å². The molecule has 4 nitrogen and oxygen atoms in total. The Hall–Kier alpha value is -0.610. The molecule has 0 radical (unpaired) electrons. The summed E-state index contributed by atoms with van der Waals surface area (Å²) < 4.78 is 5.55. The molecule has 1 saturated heterocycles. The van der Waals surface area contributed by atoms with Gasteiger partial charge in [-0.2, -0.15) is 0 Å². The summed E-state index contributed by atoms with van der Waals surface area (Å²) in [5.74, 6) is 1.58. The van der Waals surface area contributed by atoms with Crippen molar-refractivity contribution in [2.45, 2.75) is 57.1 Å². The van der Waals surface area contributed by atoms with Crippen LogP contribution in [0.4, 0.5) is 0 Å². The van der Waals surface area contributed by atoms with Crippen LogP contribution in [0.1, 0.15) is 44.9 Å². The lowest BCUT2D eigenvalue weighted by Gasteiger charge is -2.43. The van der Waals surface area contributed by atoms with Crippen molar-refractivity contribution in [2.24, 2.45) is 23.5 Å². The number of nitrogens with one attached hydrogen (secondary N) is 1. The normalized spacial score (nSPS) is 42.1. The molecular formula is C15H26N2O2. The number of carbonyl (C=O) groups is 1. The van der Waals surface area contributed by atoms with Gasteiger partial charge in [-0.25, -0.2) is 0 Å². The highest BCUT2D eigenvalue weighted by atomic mass is 16.5. The molecule has 3 aliphatic rings. The highest BCUT2D eigenvalue weighted by Crippen LogP contribution is 2.41. The number of amides is 1. The molecule has 2 saturated carbocycles. The summed E-state index contributed by atoms with van der Waals surface area (Å²) in [5, 5.41) is 3.09. The second kappa shape index (κ2) is 5.80. The standard InChI is InChI=1S/C15H26N2O2/c16-14-10-3-1-4-11(14)8-12(7-10)15(18)17-9-13-5-2-6-19-13/h10-14H,1-9,16H2,(H,17,18). The lowest BCUT2D eigenvalue weighted by molar-refractivity contribution is -0.128. The van der Waals surface area contributed by atoms with E-state index in [4.69, 9.17) is 10.5 Å². The third-order valence-electron chi connectivity index (χ3n) is 5.31. The van der Waals surface area contributed by atoms with E-state index in [0.29, 0.717) is 24.4 Å². The zero-order chi connectivity index (χ0) is 13.2. The minimum atomic E-state index is 0.191. The molecule has 1 heterocycles. The molecule has 3 fully saturated rings. The molecular weight excluding hydrogens is 240 g/mol. The van der Waals surface area contributed by atoms with E-state index in [1.54, 1.807) is 0 Å². The van der Waals surface area contributed by atoms with E-state index in [2.05, 4.69) is 5.32 Å². The second-order valence-electron chi connectivity index (χ2n) is 6.58. The zero-order valence-corrected chi connectivity index (χ0v) is 11.6. The first-order valence-electron chi connectivity index (χ1n) is 7.89. The van der Waals surface area contributed by atoms with E-state index in [9.17, 15) is 4.79 Å². The number of hydrogen-bond acceptors (Lipinski definition) is 3. The van der Waals surface area contributed by atoms with Crippen molar-refractivity contribution in [3.8, 4) is 0 Å². The number of ether oxygens (including phenoxy) is 1. The lowest BCUT2D eigenvalue weighted by atomic mass is 9.65. The van der Waals surface area contributed by atoms with Gasteiger partial charge in [0, 0.05) is 25.1 Å². The first-order valence-corrected chi connectivity index (χ1v) is 7.89. The summed E-state index contributed by atoms with van der Waals surface area (Å²) >= 11 is 0. The molecule has 3 atom stereocenters. The van der Waals surface area contributed by atoms with Crippen LogP contribution in [-0.4, -0.2) is 31.2 Å². The van der Waals surface area contributed by atoms with Gasteiger partial charge < -0.3 is 15.8 Å². The Morgan fingerprint density at radius 2 is 1.89 bits per heavy atom. The molecule has 1 aliphatic heterocycles. The van der Waals surface area contributed by atoms with Crippen molar-refractivity contribution in [2.75, 3.05) is 13.2 Å². The average molecular weight is 266 g/mol. The van der Waals surface area contributed by atoms with Gasteiger partial charge in [0.2, 0.25) is 5.91 Å². The molecule has 1 amide bonds. The topological polar surface area (TPSA) is 64.4 Å². The van der Waals surface area contributed by atoms with Gasteiger partial charge in [0.05, 0.1) is 6.10 Å². The van der Waals surface area contributed by atoms with Gasteiger partial charge >= 0.3 is 0 Å². The van der Waals surface area contributed by atoms with Crippen molar-refractivity contribution >= 4 is 5.91 Å². The SMILES string of the molecule is NC1C2CCCC1CC(C(=O)NCC1CCCO1)C2. The Bertz CT molecular complexity index is 314. The maximum atomic E-state index is 12.3. The molecule has 4 heteroatoms. The number of rotatable bonds is 3. The predicted octanol–water partition coefficient (Wildman–Crippen LogP) is 1.44. The summed E-state index contributed by atoms with van der Waals surface area (Å²) in [7, 11) is 0. The lowest BCUT2D eigenvalue weighted by Crippen LogP contribution is -2.49. The Morgan fingerprint density at radius 1 is 1.16 bits per heavy atom. The molecule has 0 aromatic heterocycles. The molecule has 0 spiro atoms. The first-order chi connectivity index (χ1) is 9.24. The van der Waals surface area contributed by atoms with Gasteiger partial charge in [-0.3, -0.25) is 4.79 Å². The Kier molecular flexibility index (Phi) is 4.08. The summed E-state index contributed by atoms with van der Waals surface area (Å²) in [6.07, 6.45) is 8.18. The summed E-state index contributed by atoms with van der Waals surface area (Å²) in [6, 6.07) is 0.343. The van der Waals surface area contributed by atoms with Crippen molar-refractivity contribution in [1.29, 1.82) is 0 Å². The van der Waals surface area contributed by atoms with Crippen LogP contribution in [0.15, 0.2) is 0 Å². The fourth-order valence-corrected chi connectivity index (χ4v) is 4.17. The Balaban J connectivity index is 1.50. The van der Waals surface area contributed by atoms with Crippen molar-refractivity contribution in [3.05, 3.63) is 0 Å². The third-order valence-corrected chi connectivity index (χ3v) is 5.31. The van der Waals surface area contributed by atoms with E-state index in [0.717, 1.165) is 32.3 Å². The van der Waals surface area contributed by atoms with Crippen LogP contribution in [0.25, 0.3) is 0 Å². The van der Waals surface area contributed by atoms with E-state index < -0.39 is 0 Å². The fraction of sp³-hybridized carbons (Fsp3) is 0.933. The maximum Gasteiger partial charge on any atom is 0.223 e. The quantitative estimate of drug-likeness (QED) is 0.812. The maximum absolute atomic E-state index is 12.3. The van der Waals surface area contributed by atoms with Crippen LogP contribution in [0.3, 0.4) is 0 Å². The zero-order valence-electron chi connectivity index (χ0n) is 11.6. The molecule has 2 bridgehead atoms. The predicted molar refractivity (Wildman–Crippen MR) is 73.5 cm³/mol. The second-order valence-corrected chi connectivity index (χ2v) is 6.58. The van der Waals surface area contributed by atoms with Gasteiger partial charge in [0.1, 0.15) is 0 Å². The summed E-state index contributed by atoms with van der Waals surface area (Å²) in [5.41, 5.74) is 6.27. The summed E-state index contributed by atoms with van der Waals surface area (Å²) in [6.45, 7) is 1.54. The highest BCUT2D eigenvalue weighted by molar-refractivity contribution is 5.78. The van der Waals surface area contributed by atoms with Crippen molar-refractivity contribution in [3.63, 3.8) is 0 Å². The van der Waals surface area contributed by atoms with Gasteiger partial charge in [0.25, 0.3) is 0 Å². The van der Waals surface area contributed by atoms with E-state index >= 15 is 0 Å². The molecule has 0 aromatic rings. The van der Waals surface area contributed by atoms with Crippen LogP contribution >= 0.6 is 0 Å². The van der Waals surface area contributed by atoms with Crippen LogP contribution in [-0.2, 0) is 9.53 Å². The van der Waals surface area contributed by atoms with E-state index in [1.165, 1.54) is 19.3 Å². The van der Waals surface area contributed by atoms with Gasteiger partial charge in [0.15, 0.2) is 0 Å². The molecule has 3 unspecified atom stereocenters. The molecule has 2 aliphatic carbocycles. The smallest absolute Gasteiger partial charge is 0.223 e. The Labute approximate surface area is 115 Å². The molecule has 3 rings (SSSR count). The van der Waals surface area contributed by atoms with Crippen molar-refractivity contribution in [1.82, 2.24) is 5.32 Å². The van der Waals surface area contributed by atoms with Gasteiger partial charge in [-0.15, -0.1) is 0 Å². The average Bonchev–Trinajstić information content (AvgIpc) is 2.88. The molecule has 108 valence electrons. The Morgan fingerprint density at radius 3 is 2.53 bits per heavy atom. The molecule has 19 heavy (non-hydrogen) atoms. The molecule has 3 N–H and O–H groups in total. The number of fused-ring (bicyclic) bond motifs is 2. The highest BCUT2D eigenvalue weighted by Gasteiger charge is 2.40. The number of nitrogens with two attached hydrogens (primary N) is 1. The van der Waals surface area contributed by atoms with E-state index in [1.807, 2.05) is 0 Å². The minimum Gasteiger partial charge on any atom is -0.376 e. The van der Waals surface area contributed by atoms with E-state index in [-0.39, 0.29) is 17.9 Å². The first kappa shape index (κ1) is 13.4. The van der Waals surface area contributed by atoms with Crippen molar-refractivity contribution < 1.29 is 9.53 Å². The third kappa shape index (κ3) is 2.95. The summed E-state index contributed by atoms with van der Waals surface area (Å²) in [4.78, 5) is 12.3. The minimum absolute atomic E-state index is 0.191. The largest absolute Gasteiger partial charge is 0.376 e. The van der Waals surface area contributed by atoms with Gasteiger partial charge in [-0.1, -0.05) is 6.42 Å². The number of hydrogen-bond donors (Lipinski definition) is 2. The monoisotopic (exact) mass is 266 g/mol. The van der Waals surface area contributed by atoms with Crippen LogP contribution in [0, 0.1) is 17.8 Å². The number of carbonyl (C=O) groups excluding carboxylic acids is 1. The van der Waals surface area contributed by atoms with Crippen LogP contribution in [0.2, 0.25) is 0 Å². The fourth-order valence-electron chi connectivity index (χ4n) is 4.17. The van der Waals surface area contributed by atoms with Crippen LogP contribution in [0.5, 0.6) is 0 Å². The van der Waals surface area contributed by atoms with Crippen LogP contribution < -0.4 is 11.1 Å².